The summed E-state index contributed by atoms with van der Waals surface area (Å²) in [5.41, 5.74) is 1.69. The van der Waals surface area contributed by atoms with Crippen LogP contribution in [0, 0.1) is 0 Å². The highest BCUT2D eigenvalue weighted by Gasteiger charge is 2.26. The van der Waals surface area contributed by atoms with Crippen LogP contribution in [0.3, 0.4) is 0 Å². The first-order valence-corrected chi connectivity index (χ1v) is 12.2. The van der Waals surface area contributed by atoms with Crippen molar-refractivity contribution in [2.24, 2.45) is 0 Å². The first-order valence-electron chi connectivity index (χ1n) is 9.28. The van der Waals surface area contributed by atoms with Gasteiger partial charge in [-0.15, -0.1) is 0 Å². The summed E-state index contributed by atoms with van der Waals surface area (Å²) in [6.45, 7) is 2.59. The quantitative estimate of drug-likeness (QED) is 0.542. The highest BCUT2D eigenvalue weighted by atomic mass is 32.2. The molecule has 0 radical (unpaired) electrons. The molecule has 2 N–H and O–H groups in total. The Labute approximate surface area is 175 Å². The molecule has 9 heteroatoms. The van der Waals surface area contributed by atoms with E-state index in [0.29, 0.717) is 24.7 Å². The number of amides is 1. The van der Waals surface area contributed by atoms with Crippen molar-refractivity contribution in [3.63, 3.8) is 0 Å². The Balaban J connectivity index is 1.85. The van der Waals surface area contributed by atoms with Crippen molar-refractivity contribution in [3.8, 4) is 0 Å². The Morgan fingerprint density at radius 3 is 2.52 bits per heavy atom. The zero-order valence-corrected chi connectivity index (χ0v) is 18.0. The molecule has 0 aliphatic heterocycles. The van der Waals surface area contributed by atoms with Crippen molar-refractivity contribution < 1.29 is 13.2 Å². The van der Waals surface area contributed by atoms with Gasteiger partial charge in [-0.05, 0) is 49.6 Å². The first-order chi connectivity index (χ1) is 14.0. The number of rotatable bonds is 9. The second kappa shape index (κ2) is 9.43. The minimum absolute atomic E-state index is 0.128. The highest BCUT2D eigenvalue weighted by Crippen LogP contribution is 2.20. The molecule has 0 spiro atoms. The van der Waals surface area contributed by atoms with Gasteiger partial charge in [-0.3, -0.25) is 10.1 Å². The van der Waals surface area contributed by atoms with E-state index in [9.17, 15) is 13.2 Å². The molecule has 7 nitrogen and oxygen atoms in total. The van der Waals surface area contributed by atoms with Crippen LogP contribution in [0.15, 0.2) is 59.5 Å². The van der Waals surface area contributed by atoms with Crippen molar-refractivity contribution in [3.05, 3.63) is 54.6 Å². The molecule has 0 saturated carbocycles. The van der Waals surface area contributed by atoms with Gasteiger partial charge in [0.1, 0.15) is 6.04 Å². The van der Waals surface area contributed by atoms with E-state index in [4.69, 9.17) is 0 Å². The Morgan fingerprint density at radius 1 is 1.14 bits per heavy atom. The Kier molecular flexibility index (Phi) is 6.94. The second-order valence-electron chi connectivity index (χ2n) is 6.43. The summed E-state index contributed by atoms with van der Waals surface area (Å²) in [7, 11) is -3.81. The summed E-state index contributed by atoms with van der Waals surface area (Å²) >= 11 is 1.55. The predicted molar refractivity (Wildman–Crippen MR) is 118 cm³/mol. The van der Waals surface area contributed by atoms with E-state index in [0.717, 1.165) is 11.0 Å². The summed E-state index contributed by atoms with van der Waals surface area (Å²) in [6, 6.07) is 14.7. The van der Waals surface area contributed by atoms with E-state index in [1.807, 2.05) is 42.0 Å². The smallest absolute Gasteiger partial charge is 0.244 e. The molecule has 29 heavy (non-hydrogen) atoms. The number of carbonyl (C=O) groups is 1. The number of fused-ring (bicyclic) bond motifs is 1. The molecule has 1 amide bonds. The van der Waals surface area contributed by atoms with Crippen LogP contribution in [0.5, 0.6) is 0 Å². The van der Waals surface area contributed by atoms with Gasteiger partial charge in [0.05, 0.1) is 15.9 Å². The van der Waals surface area contributed by atoms with E-state index in [-0.39, 0.29) is 4.90 Å². The average molecular weight is 433 g/mol. The highest BCUT2D eigenvalue weighted by molar-refractivity contribution is 7.98. The molecule has 1 atom stereocenters. The molecule has 0 saturated heterocycles. The molecule has 0 fully saturated rings. The predicted octanol–water partition coefficient (Wildman–Crippen LogP) is 3.09. The zero-order chi connectivity index (χ0) is 20.9. The average Bonchev–Trinajstić information content (AvgIpc) is 3.08. The third kappa shape index (κ3) is 4.98. The van der Waals surface area contributed by atoms with Gasteiger partial charge in [0.2, 0.25) is 21.9 Å². The maximum atomic E-state index is 13.0. The fourth-order valence-corrected chi connectivity index (χ4v) is 4.74. The topological polar surface area (TPSA) is 93.1 Å². The number of thioether (sulfide) groups is 1. The van der Waals surface area contributed by atoms with Gasteiger partial charge in [-0.25, -0.2) is 13.4 Å². The molecule has 1 heterocycles. The summed E-state index contributed by atoms with van der Waals surface area (Å²) in [4.78, 5) is 17.6. The number of sulfonamides is 1. The number of nitrogens with one attached hydrogen (secondary N) is 2. The molecule has 154 valence electrons. The molecule has 2 aromatic carbocycles. The maximum Gasteiger partial charge on any atom is 0.244 e. The van der Waals surface area contributed by atoms with Gasteiger partial charge in [0.15, 0.2) is 0 Å². The molecule has 3 aromatic rings. The molecule has 0 bridgehead atoms. The molecule has 0 aliphatic carbocycles. The van der Waals surface area contributed by atoms with Gasteiger partial charge >= 0.3 is 0 Å². The van der Waals surface area contributed by atoms with E-state index in [1.54, 1.807) is 30.0 Å². The van der Waals surface area contributed by atoms with E-state index < -0.39 is 22.0 Å². The summed E-state index contributed by atoms with van der Waals surface area (Å²) in [5.74, 6) is 0.620. The minimum atomic E-state index is -3.81. The van der Waals surface area contributed by atoms with Crippen LogP contribution in [-0.2, 0) is 21.4 Å². The number of hydrogen-bond acceptors (Lipinski definition) is 5. The third-order valence-electron chi connectivity index (χ3n) is 4.48. The standard InChI is InChI=1S/C20H24N4O3S2/c1-3-24-18-12-8-7-11-16(18)21-20(24)22-19(25)17(13-14-28-2)23-29(26,27)15-9-5-4-6-10-15/h4-12,17,23H,3,13-14H2,1-2H3,(H,21,22,25). The number of para-hydroxylation sites is 2. The number of nitrogens with zero attached hydrogens (tertiary/aromatic N) is 2. The van der Waals surface area contributed by atoms with Crippen molar-refractivity contribution in [1.29, 1.82) is 0 Å². The van der Waals surface area contributed by atoms with Crippen molar-refractivity contribution in [2.45, 2.75) is 30.8 Å². The van der Waals surface area contributed by atoms with Crippen LogP contribution in [0.25, 0.3) is 11.0 Å². The van der Waals surface area contributed by atoms with Crippen LogP contribution < -0.4 is 10.0 Å². The van der Waals surface area contributed by atoms with E-state index in [1.165, 1.54) is 12.1 Å². The fourth-order valence-electron chi connectivity index (χ4n) is 3.02. The summed E-state index contributed by atoms with van der Waals surface area (Å²) < 4.78 is 29.9. The normalized spacial score (nSPS) is 12.8. The van der Waals surface area contributed by atoms with Gasteiger partial charge in [0.25, 0.3) is 0 Å². The second-order valence-corrected chi connectivity index (χ2v) is 9.13. The monoisotopic (exact) mass is 432 g/mol. The number of aryl methyl sites for hydroxylation is 1. The minimum Gasteiger partial charge on any atom is -0.310 e. The maximum absolute atomic E-state index is 13.0. The van der Waals surface area contributed by atoms with Crippen LogP contribution in [0.2, 0.25) is 0 Å². The fraction of sp³-hybridized carbons (Fsp3) is 0.300. The molecule has 3 rings (SSSR count). The van der Waals surface area contributed by atoms with E-state index in [2.05, 4.69) is 15.0 Å². The Hall–Kier alpha value is -2.36. The number of hydrogen-bond donors (Lipinski definition) is 2. The first kappa shape index (κ1) is 21.4. The van der Waals surface area contributed by atoms with Crippen LogP contribution >= 0.6 is 11.8 Å². The van der Waals surface area contributed by atoms with Crippen LogP contribution in [0.1, 0.15) is 13.3 Å². The van der Waals surface area contributed by atoms with Gasteiger partial charge in [-0.1, -0.05) is 30.3 Å². The lowest BCUT2D eigenvalue weighted by molar-refractivity contribution is -0.117. The van der Waals surface area contributed by atoms with Gasteiger partial charge < -0.3 is 4.57 Å². The van der Waals surface area contributed by atoms with Crippen LogP contribution in [0.4, 0.5) is 5.95 Å². The lowest BCUT2D eigenvalue weighted by Crippen LogP contribution is -2.44. The summed E-state index contributed by atoms with van der Waals surface area (Å²) in [6.07, 6.45) is 2.28. The Bertz CT molecular complexity index is 1080. The molecular weight excluding hydrogens is 408 g/mol. The summed E-state index contributed by atoms with van der Waals surface area (Å²) in [5, 5.41) is 2.81. The lowest BCUT2D eigenvalue weighted by Gasteiger charge is -2.18. The Morgan fingerprint density at radius 2 is 1.83 bits per heavy atom. The van der Waals surface area contributed by atoms with Crippen molar-refractivity contribution in [2.75, 3.05) is 17.3 Å². The number of aromatic nitrogens is 2. The van der Waals surface area contributed by atoms with E-state index >= 15 is 0 Å². The van der Waals surface area contributed by atoms with Crippen molar-refractivity contribution >= 4 is 44.7 Å². The number of carbonyl (C=O) groups excluding carboxylic acids is 1. The molecular formula is C20H24N4O3S2. The largest absolute Gasteiger partial charge is 0.310 e. The SMILES string of the molecule is CCn1c(NC(=O)C(CCSC)NS(=O)(=O)c2ccccc2)nc2ccccc21. The van der Waals surface area contributed by atoms with Crippen molar-refractivity contribution in [1.82, 2.24) is 14.3 Å². The number of imidazole rings is 1. The molecule has 1 unspecified atom stereocenters. The lowest BCUT2D eigenvalue weighted by atomic mass is 10.2. The molecule has 0 aliphatic rings. The zero-order valence-electron chi connectivity index (χ0n) is 16.3. The number of anilines is 1. The van der Waals surface area contributed by atoms with Gasteiger partial charge in [-0.2, -0.15) is 16.5 Å². The number of benzene rings is 2. The van der Waals surface area contributed by atoms with Gasteiger partial charge in [0, 0.05) is 6.54 Å². The van der Waals surface area contributed by atoms with Crippen LogP contribution in [-0.4, -0.2) is 41.9 Å². The third-order valence-corrected chi connectivity index (χ3v) is 6.62. The molecule has 1 aromatic heterocycles.